The summed E-state index contributed by atoms with van der Waals surface area (Å²) in [7, 11) is 1.64. The Morgan fingerprint density at radius 1 is 1.36 bits per heavy atom. The molecule has 4 nitrogen and oxygen atoms in total. The number of esters is 1. The maximum Gasteiger partial charge on any atom is 0.307 e. The fourth-order valence-corrected chi connectivity index (χ4v) is 0.836. The van der Waals surface area contributed by atoms with Crippen LogP contribution < -0.4 is 5.32 Å². The fourth-order valence-electron chi connectivity index (χ4n) is 0.836. The average Bonchev–Trinajstić information content (AvgIpc) is 2.00. The van der Waals surface area contributed by atoms with Gasteiger partial charge in [-0.1, -0.05) is 14.9 Å². The average molecular weight is 205 g/mol. The van der Waals surface area contributed by atoms with Gasteiger partial charge in [-0.3, -0.25) is 9.59 Å². The summed E-state index contributed by atoms with van der Waals surface area (Å²) >= 11 is 0. The number of carbonyl (C=O) groups excluding carboxylic acids is 2. The van der Waals surface area contributed by atoms with E-state index in [1.807, 2.05) is 0 Å². The van der Waals surface area contributed by atoms with Gasteiger partial charge in [0, 0.05) is 0 Å². The number of nitrogens with one attached hydrogen (secondary N) is 1. The Morgan fingerprint density at radius 3 is 2.14 bits per heavy atom. The number of carbonyl (C=O) groups is 2. The van der Waals surface area contributed by atoms with Crippen LogP contribution >= 0.6 is 0 Å². The molecule has 1 N–H and O–H groups in total. The van der Waals surface area contributed by atoms with Crippen molar-refractivity contribution in [3.63, 3.8) is 0 Å². The van der Waals surface area contributed by atoms with Crippen LogP contribution in [-0.2, 0) is 14.3 Å². The van der Waals surface area contributed by atoms with Crippen molar-refractivity contribution in [2.45, 2.75) is 41.2 Å². The summed E-state index contributed by atoms with van der Waals surface area (Å²) in [4.78, 5) is 21.7. The van der Waals surface area contributed by atoms with Crippen LogP contribution in [0.1, 0.15) is 35.1 Å². The number of Topliss-reactive ketones (excluding diaryl/α,β-unsaturated/α-hetero) is 1. The summed E-state index contributed by atoms with van der Waals surface area (Å²) in [5, 5.41) is 2.74. The van der Waals surface area contributed by atoms with Crippen molar-refractivity contribution >= 4 is 11.8 Å². The Balaban J connectivity index is -0.000000605. The molecule has 0 spiro atoms. The van der Waals surface area contributed by atoms with E-state index in [2.05, 4.69) is 5.32 Å². The summed E-state index contributed by atoms with van der Waals surface area (Å²) in [5.41, 5.74) is 0. The molecule has 0 aliphatic carbocycles. The topological polar surface area (TPSA) is 55.4 Å². The quantitative estimate of drug-likeness (QED) is 0.689. The molecule has 0 heterocycles. The fraction of sp³-hybridized carbons (Fsp3) is 0.800. The van der Waals surface area contributed by atoms with E-state index in [1.165, 1.54) is 6.92 Å². The lowest BCUT2D eigenvalue weighted by atomic mass is 10.1. The molecule has 0 saturated carbocycles. The number of likely N-dealkylation sites (N-methyl/N-ethyl adjacent to an activating group) is 1. The molecule has 0 aliphatic rings. The van der Waals surface area contributed by atoms with Crippen LogP contribution in [0.25, 0.3) is 0 Å². The van der Waals surface area contributed by atoms with Gasteiger partial charge in [0.25, 0.3) is 0 Å². The largest absolute Gasteiger partial charge is 0.466 e. The van der Waals surface area contributed by atoms with Crippen molar-refractivity contribution in [1.82, 2.24) is 5.32 Å². The van der Waals surface area contributed by atoms with Gasteiger partial charge in [-0.15, -0.1) is 0 Å². The Morgan fingerprint density at radius 2 is 1.86 bits per heavy atom. The Labute approximate surface area is 87.0 Å². The minimum atomic E-state index is -0.413. The molecule has 14 heavy (non-hydrogen) atoms. The smallest absolute Gasteiger partial charge is 0.307 e. The third kappa shape index (κ3) is 7.73. The highest BCUT2D eigenvalue weighted by Crippen LogP contribution is 1.95. The summed E-state index contributed by atoms with van der Waals surface area (Å²) < 4.78 is 4.69. The Hall–Kier alpha value is -0.900. The SMILES string of the molecule is C.C.CCOC(=O)CC(NC)C(C)=O. The van der Waals surface area contributed by atoms with Gasteiger partial charge < -0.3 is 10.1 Å². The maximum absolute atomic E-state index is 10.9. The number of rotatable bonds is 5. The van der Waals surface area contributed by atoms with Crippen molar-refractivity contribution in [3.8, 4) is 0 Å². The molecule has 86 valence electrons. The second-order valence-corrected chi connectivity index (χ2v) is 2.46. The standard InChI is InChI=1S/C8H15NO3.2CH4/c1-4-12-8(11)5-7(9-3)6(2)10;;/h7,9H,4-5H2,1-3H3;2*1H4. The Kier molecular flexibility index (Phi) is 13.7. The molecule has 1 unspecified atom stereocenters. The summed E-state index contributed by atoms with van der Waals surface area (Å²) in [6, 6.07) is -0.413. The first-order chi connectivity index (χ1) is 5.61. The monoisotopic (exact) mass is 205 g/mol. The van der Waals surface area contributed by atoms with Crippen LogP contribution in [0, 0.1) is 0 Å². The summed E-state index contributed by atoms with van der Waals surface area (Å²) in [5.74, 6) is -0.391. The first-order valence-corrected chi connectivity index (χ1v) is 3.95. The molecule has 0 amide bonds. The molecule has 1 atom stereocenters. The number of hydrogen-bond donors (Lipinski definition) is 1. The van der Waals surface area contributed by atoms with Crippen LogP contribution in [0.3, 0.4) is 0 Å². The van der Waals surface area contributed by atoms with Gasteiger partial charge in [-0.2, -0.15) is 0 Å². The predicted octanol–water partition coefficient (Wildman–Crippen LogP) is 1.39. The molecule has 0 aromatic carbocycles. The highest BCUT2D eigenvalue weighted by Gasteiger charge is 2.16. The molecule has 0 aromatic rings. The van der Waals surface area contributed by atoms with E-state index < -0.39 is 6.04 Å². The Bertz CT molecular complexity index is 169. The molecular weight excluding hydrogens is 182 g/mol. The van der Waals surface area contributed by atoms with Gasteiger partial charge in [-0.05, 0) is 20.9 Å². The zero-order chi connectivity index (χ0) is 9.56. The predicted molar refractivity (Wildman–Crippen MR) is 58.2 cm³/mol. The number of ketones is 1. The third-order valence-electron chi connectivity index (χ3n) is 1.52. The zero-order valence-electron chi connectivity index (χ0n) is 7.72. The van der Waals surface area contributed by atoms with Crippen LogP contribution in [0.4, 0.5) is 0 Å². The van der Waals surface area contributed by atoms with Crippen molar-refractivity contribution in [3.05, 3.63) is 0 Å². The van der Waals surface area contributed by atoms with Crippen LogP contribution in [0.5, 0.6) is 0 Å². The second kappa shape index (κ2) is 10.2. The normalized spacial score (nSPS) is 10.5. The first-order valence-electron chi connectivity index (χ1n) is 3.95. The molecule has 0 saturated heterocycles. The van der Waals surface area contributed by atoms with E-state index >= 15 is 0 Å². The minimum Gasteiger partial charge on any atom is -0.466 e. The van der Waals surface area contributed by atoms with E-state index in [-0.39, 0.29) is 33.0 Å². The molecule has 4 heteroatoms. The van der Waals surface area contributed by atoms with E-state index in [4.69, 9.17) is 4.74 Å². The number of hydrogen-bond acceptors (Lipinski definition) is 4. The molecule has 0 rings (SSSR count). The first kappa shape index (κ1) is 18.8. The van der Waals surface area contributed by atoms with Gasteiger partial charge in [-0.25, -0.2) is 0 Å². The van der Waals surface area contributed by atoms with Gasteiger partial charge >= 0.3 is 5.97 Å². The van der Waals surface area contributed by atoms with Gasteiger partial charge in [0.15, 0.2) is 0 Å². The number of ether oxygens (including phenoxy) is 1. The summed E-state index contributed by atoms with van der Waals surface area (Å²) in [6.45, 7) is 3.54. The molecule has 0 aromatic heterocycles. The highest BCUT2D eigenvalue weighted by molar-refractivity contribution is 5.86. The third-order valence-corrected chi connectivity index (χ3v) is 1.52. The summed E-state index contributed by atoms with van der Waals surface area (Å²) in [6.07, 6.45) is 0.111. The van der Waals surface area contributed by atoms with Gasteiger partial charge in [0.1, 0.15) is 5.78 Å². The van der Waals surface area contributed by atoms with Crippen molar-refractivity contribution in [2.24, 2.45) is 0 Å². The van der Waals surface area contributed by atoms with Crippen molar-refractivity contribution in [2.75, 3.05) is 13.7 Å². The molecule has 0 aliphatic heterocycles. The van der Waals surface area contributed by atoms with E-state index in [1.54, 1.807) is 14.0 Å². The molecule has 0 bridgehead atoms. The van der Waals surface area contributed by atoms with Gasteiger partial charge in [0.05, 0.1) is 19.1 Å². The van der Waals surface area contributed by atoms with E-state index in [9.17, 15) is 9.59 Å². The lowest BCUT2D eigenvalue weighted by molar-refractivity contribution is -0.145. The molecule has 0 radical (unpaired) electrons. The van der Waals surface area contributed by atoms with Crippen LogP contribution in [0.2, 0.25) is 0 Å². The lowest BCUT2D eigenvalue weighted by Crippen LogP contribution is -2.35. The van der Waals surface area contributed by atoms with E-state index in [0.29, 0.717) is 6.61 Å². The van der Waals surface area contributed by atoms with E-state index in [0.717, 1.165) is 0 Å². The zero-order valence-corrected chi connectivity index (χ0v) is 7.72. The van der Waals surface area contributed by atoms with Crippen molar-refractivity contribution < 1.29 is 14.3 Å². The lowest BCUT2D eigenvalue weighted by Gasteiger charge is -2.10. The van der Waals surface area contributed by atoms with Gasteiger partial charge in [0.2, 0.25) is 0 Å². The molecular formula is C10H23NO3. The minimum absolute atomic E-state index is 0. The maximum atomic E-state index is 10.9. The van der Waals surface area contributed by atoms with Crippen molar-refractivity contribution in [1.29, 1.82) is 0 Å². The second-order valence-electron chi connectivity index (χ2n) is 2.46. The molecule has 0 fully saturated rings. The van der Waals surface area contributed by atoms with Crippen LogP contribution in [-0.4, -0.2) is 31.4 Å². The van der Waals surface area contributed by atoms with Crippen LogP contribution in [0.15, 0.2) is 0 Å². The highest BCUT2D eigenvalue weighted by atomic mass is 16.5.